The van der Waals surface area contributed by atoms with Gasteiger partial charge in [-0.25, -0.2) is 4.68 Å². The first-order chi connectivity index (χ1) is 14.5. The Hall–Kier alpha value is -2.50. The summed E-state index contributed by atoms with van der Waals surface area (Å²) in [6, 6.07) is 10.5. The third kappa shape index (κ3) is 4.05. The molecule has 30 heavy (non-hydrogen) atoms. The maximum Gasteiger partial charge on any atom is 0.165 e. The van der Waals surface area contributed by atoms with Gasteiger partial charge >= 0.3 is 0 Å². The molecule has 1 N–H and O–H groups in total. The molecule has 1 heterocycles. The van der Waals surface area contributed by atoms with Crippen molar-refractivity contribution in [2.45, 2.75) is 45.7 Å². The van der Waals surface area contributed by atoms with E-state index in [4.69, 9.17) is 26.2 Å². The lowest BCUT2D eigenvalue weighted by atomic mass is 9.92. The molecule has 0 fully saturated rings. The Morgan fingerprint density at radius 2 is 1.87 bits per heavy atom. The second kappa shape index (κ2) is 8.70. The Balaban J connectivity index is 1.60. The topological polar surface area (TPSA) is 48.3 Å². The zero-order valence-corrected chi connectivity index (χ0v) is 18.7. The molecule has 1 unspecified atom stereocenters. The molecule has 6 heteroatoms. The minimum Gasteiger partial charge on any atom is -0.493 e. The van der Waals surface area contributed by atoms with E-state index in [0.29, 0.717) is 17.3 Å². The van der Waals surface area contributed by atoms with Gasteiger partial charge < -0.3 is 14.8 Å². The summed E-state index contributed by atoms with van der Waals surface area (Å²) in [5, 5.41) is 9.06. The van der Waals surface area contributed by atoms with Crippen LogP contribution in [0.5, 0.6) is 11.5 Å². The number of nitrogens with zero attached hydrogens (tertiary/aromatic N) is 2. The number of nitrogens with one attached hydrogen (secondary N) is 1. The van der Waals surface area contributed by atoms with Crippen molar-refractivity contribution >= 4 is 11.6 Å². The highest BCUT2D eigenvalue weighted by Crippen LogP contribution is 2.36. The van der Waals surface area contributed by atoms with E-state index in [1.165, 1.54) is 22.4 Å². The first-order valence-corrected chi connectivity index (χ1v) is 10.7. The van der Waals surface area contributed by atoms with Crippen LogP contribution in [-0.4, -0.2) is 24.0 Å². The summed E-state index contributed by atoms with van der Waals surface area (Å²) < 4.78 is 13.1. The average molecular weight is 426 g/mol. The molecule has 0 spiro atoms. The van der Waals surface area contributed by atoms with Crippen LogP contribution in [0.2, 0.25) is 5.02 Å². The van der Waals surface area contributed by atoms with Gasteiger partial charge in [0.15, 0.2) is 11.5 Å². The van der Waals surface area contributed by atoms with E-state index in [1.807, 2.05) is 12.3 Å². The fourth-order valence-electron chi connectivity index (χ4n) is 4.43. The number of ether oxygens (including phenoxy) is 2. The van der Waals surface area contributed by atoms with Gasteiger partial charge in [-0.2, -0.15) is 5.10 Å². The van der Waals surface area contributed by atoms with Crippen molar-refractivity contribution in [1.82, 2.24) is 15.1 Å². The Bertz CT molecular complexity index is 1040. The van der Waals surface area contributed by atoms with Crippen molar-refractivity contribution in [3.05, 3.63) is 69.5 Å². The highest BCUT2D eigenvalue weighted by atomic mass is 35.5. The van der Waals surface area contributed by atoms with Crippen LogP contribution in [0.3, 0.4) is 0 Å². The lowest BCUT2D eigenvalue weighted by molar-refractivity contribution is 0.349. The van der Waals surface area contributed by atoms with Gasteiger partial charge in [0.25, 0.3) is 0 Å². The van der Waals surface area contributed by atoms with Gasteiger partial charge in [-0.05, 0) is 62.4 Å². The van der Waals surface area contributed by atoms with Crippen molar-refractivity contribution in [2.75, 3.05) is 14.2 Å². The van der Waals surface area contributed by atoms with Crippen molar-refractivity contribution in [3.63, 3.8) is 0 Å². The van der Waals surface area contributed by atoms with E-state index in [9.17, 15) is 0 Å². The van der Waals surface area contributed by atoms with E-state index >= 15 is 0 Å². The number of rotatable bonds is 6. The van der Waals surface area contributed by atoms with Crippen LogP contribution in [-0.2, 0) is 13.0 Å². The molecule has 0 aliphatic heterocycles. The van der Waals surface area contributed by atoms with E-state index < -0.39 is 0 Å². The molecule has 1 aliphatic rings. The molecular weight excluding hydrogens is 398 g/mol. The lowest BCUT2D eigenvalue weighted by Crippen LogP contribution is -2.25. The van der Waals surface area contributed by atoms with Gasteiger partial charge in [-0.1, -0.05) is 17.7 Å². The second-order valence-corrected chi connectivity index (χ2v) is 8.37. The number of aromatic nitrogens is 2. The highest BCUT2D eigenvalue weighted by Gasteiger charge is 2.25. The molecule has 1 aromatic heterocycles. The Labute approximate surface area is 183 Å². The monoisotopic (exact) mass is 425 g/mol. The molecule has 5 nitrogen and oxygen atoms in total. The van der Waals surface area contributed by atoms with Crippen LogP contribution in [0.25, 0.3) is 5.69 Å². The first-order valence-electron chi connectivity index (χ1n) is 10.3. The summed E-state index contributed by atoms with van der Waals surface area (Å²) >= 11 is 6.28. The predicted octanol–water partition coefficient (Wildman–Crippen LogP) is 5.33. The molecule has 3 aromatic rings. The van der Waals surface area contributed by atoms with Crippen LogP contribution in [0.1, 0.15) is 46.8 Å². The fraction of sp³-hybridized carbons (Fsp3) is 0.375. The van der Waals surface area contributed by atoms with Crippen LogP contribution in [0.4, 0.5) is 0 Å². The molecule has 0 saturated carbocycles. The van der Waals surface area contributed by atoms with Crippen molar-refractivity contribution in [2.24, 2.45) is 0 Å². The van der Waals surface area contributed by atoms with Gasteiger partial charge in [0, 0.05) is 40.5 Å². The van der Waals surface area contributed by atoms with Crippen LogP contribution >= 0.6 is 11.6 Å². The smallest absolute Gasteiger partial charge is 0.165 e. The average Bonchev–Trinajstić information content (AvgIpc) is 3.15. The normalized spacial score (nSPS) is 15.7. The first kappa shape index (κ1) is 20.8. The van der Waals surface area contributed by atoms with Gasteiger partial charge in [-0.3, -0.25) is 0 Å². The SMILES string of the molecule is COc1cc(Cl)cc(CNC2CCCc3c2cnn3-c2cc(C)cc(C)c2)c1OC. The number of fused-ring (bicyclic) bond motifs is 1. The third-order valence-corrected chi connectivity index (χ3v) is 5.91. The Kier molecular flexibility index (Phi) is 6.02. The van der Waals surface area contributed by atoms with Gasteiger partial charge in [0.05, 0.1) is 26.1 Å². The number of methoxy groups -OCH3 is 2. The molecule has 1 aliphatic carbocycles. The molecule has 0 bridgehead atoms. The quantitative estimate of drug-likeness (QED) is 0.580. The summed E-state index contributed by atoms with van der Waals surface area (Å²) in [6.07, 6.45) is 5.25. The molecule has 0 amide bonds. The maximum absolute atomic E-state index is 6.28. The van der Waals surface area contributed by atoms with Crippen LogP contribution in [0, 0.1) is 13.8 Å². The van der Waals surface area contributed by atoms with E-state index in [1.54, 1.807) is 20.3 Å². The number of halogens is 1. The number of benzene rings is 2. The van der Waals surface area contributed by atoms with Crippen molar-refractivity contribution in [1.29, 1.82) is 0 Å². The molecule has 2 aromatic carbocycles. The van der Waals surface area contributed by atoms with E-state index in [0.717, 1.165) is 36.3 Å². The van der Waals surface area contributed by atoms with Crippen molar-refractivity contribution < 1.29 is 9.47 Å². The summed E-state index contributed by atoms with van der Waals surface area (Å²) in [4.78, 5) is 0. The molecule has 0 saturated heterocycles. The largest absolute Gasteiger partial charge is 0.493 e. The number of hydrogen-bond donors (Lipinski definition) is 1. The number of hydrogen-bond acceptors (Lipinski definition) is 4. The minimum absolute atomic E-state index is 0.239. The zero-order chi connectivity index (χ0) is 21.3. The van der Waals surface area contributed by atoms with E-state index in [-0.39, 0.29) is 6.04 Å². The van der Waals surface area contributed by atoms with Crippen LogP contribution < -0.4 is 14.8 Å². The summed E-state index contributed by atoms with van der Waals surface area (Å²) in [5.41, 5.74) is 7.18. The van der Waals surface area contributed by atoms with Crippen molar-refractivity contribution in [3.8, 4) is 17.2 Å². The molecule has 1 atom stereocenters. The predicted molar refractivity (Wildman–Crippen MR) is 120 cm³/mol. The maximum atomic E-state index is 6.28. The second-order valence-electron chi connectivity index (χ2n) is 7.93. The number of aryl methyl sites for hydroxylation is 2. The molecule has 158 valence electrons. The minimum atomic E-state index is 0.239. The molecule has 0 radical (unpaired) electrons. The summed E-state index contributed by atoms with van der Waals surface area (Å²) in [6.45, 7) is 4.89. The Morgan fingerprint density at radius 1 is 1.10 bits per heavy atom. The molecule has 4 rings (SSSR count). The van der Waals surface area contributed by atoms with E-state index in [2.05, 4.69) is 42.0 Å². The summed E-state index contributed by atoms with van der Waals surface area (Å²) in [5.74, 6) is 1.37. The Morgan fingerprint density at radius 3 is 2.57 bits per heavy atom. The van der Waals surface area contributed by atoms with Gasteiger partial charge in [-0.15, -0.1) is 0 Å². The highest BCUT2D eigenvalue weighted by molar-refractivity contribution is 6.30. The summed E-state index contributed by atoms with van der Waals surface area (Å²) in [7, 11) is 3.28. The molecular formula is C24H28ClN3O2. The van der Waals surface area contributed by atoms with Crippen LogP contribution in [0.15, 0.2) is 36.5 Å². The zero-order valence-electron chi connectivity index (χ0n) is 18.0. The lowest BCUT2D eigenvalue weighted by Gasteiger charge is -2.25. The van der Waals surface area contributed by atoms with Gasteiger partial charge in [0.2, 0.25) is 0 Å². The fourth-order valence-corrected chi connectivity index (χ4v) is 4.67. The van der Waals surface area contributed by atoms with Gasteiger partial charge in [0.1, 0.15) is 0 Å². The third-order valence-electron chi connectivity index (χ3n) is 5.69. The standard InChI is InChI=1S/C24H28ClN3O2/c1-15-8-16(2)10-19(9-15)28-22-7-5-6-21(20(22)14-27-28)26-13-17-11-18(25)12-23(29-3)24(17)30-4/h8-12,14,21,26H,5-7,13H2,1-4H3.